The van der Waals surface area contributed by atoms with E-state index in [2.05, 4.69) is 10.5 Å². The van der Waals surface area contributed by atoms with Crippen molar-refractivity contribution in [1.29, 1.82) is 0 Å². The molecular formula is C13H21N3O3. The quantitative estimate of drug-likeness (QED) is 0.214. The molecule has 0 fully saturated rings. The number of amidine groups is 1. The van der Waals surface area contributed by atoms with E-state index < -0.39 is 5.54 Å². The van der Waals surface area contributed by atoms with Gasteiger partial charge in [-0.25, -0.2) is 0 Å². The zero-order valence-corrected chi connectivity index (χ0v) is 11.2. The summed E-state index contributed by atoms with van der Waals surface area (Å²) in [5.74, 6) is 0.0677. The number of oxime groups is 1. The Balaban J connectivity index is 2.81. The van der Waals surface area contributed by atoms with Crippen LogP contribution in [0, 0.1) is 6.92 Å². The van der Waals surface area contributed by atoms with E-state index >= 15 is 0 Å². The summed E-state index contributed by atoms with van der Waals surface area (Å²) < 4.78 is 0. The molecule has 106 valence electrons. The summed E-state index contributed by atoms with van der Waals surface area (Å²) in [7, 11) is 0. The molecule has 0 aromatic heterocycles. The second-order valence-electron chi connectivity index (χ2n) is 4.86. The third-order valence-electron chi connectivity index (χ3n) is 3.15. The van der Waals surface area contributed by atoms with Gasteiger partial charge in [-0.3, -0.25) is 0 Å². The molecule has 0 saturated carbocycles. The van der Waals surface area contributed by atoms with Gasteiger partial charge in [-0.15, -0.1) is 0 Å². The smallest absolute Gasteiger partial charge is 0.170 e. The molecule has 0 saturated heterocycles. The van der Waals surface area contributed by atoms with E-state index in [1.165, 1.54) is 0 Å². The van der Waals surface area contributed by atoms with Crippen molar-refractivity contribution in [2.45, 2.75) is 25.9 Å². The monoisotopic (exact) mass is 267 g/mol. The van der Waals surface area contributed by atoms with Gasteiger partial charge >= 0.3 is 0 Å². The number of nitrogens with two attached hydrogens (primary N) is 1. The van der Waals surface area contributed by atoms with Crippen LogP contribution in [0.4, 0.5) is 0 Å². The van der Waals surface area contributed by atoms with Gasteiger partial charge in [0.25, 0.3) is 0 Å². The molecule has 1 aromatic rings. The maximum atomic E-state index is 9.20. The van der Waals surface area contributed by atoms with Crippen LogP contribution in [-0.2, 0) is 6.54 Å². The van der Waals surface area contributed by atoms with Crippen molar-refractivity contribution in [1.82, 2.24) is 5.32 Å². The minimum atomic E-state index is -0.712. The van der Waals surface area contributed by atoms with Crippen molar-refractivity contribution >= 4 is 5.84 Å². The first-order chi connectivity index (χ1) is 8.95. The summed E-state index contributed by atoms with van der Waals surface area (Å²) in [4.78, 5) is 0. The summed E-state index contributed by atoms with van der Waals surface area (Å²) in [5, 5.41) is 33.1. The molecule has 19 heavy (non-hydrogen) atoms. The summed E-state index contributed by atoms with van der Waals surface area (Å²) in [6.45, 7) is 3.88. The van der Waals surface area contributed by atoms with Crippen LogP contribution in [0.15, 0.2) is 23.4 Å². The molecule has 0 aliphatic heterocycles. The minimum Gasteiger partial charge on any atom is -0.409 e. The lowest BCUT2D eigenvalue weighted by Gasteiger charge is -2.26. The Hall–Kier alpha value is -1.63. The second kappa shape index (κ2) is 6.51. The van der Waals surface area contributed by atoms with E-state index in [9.17, 15) is 10.2 Å². The Morgan fingerprint density at radius 3 is 2.47 bits per heavy atom. The molecule has 0 heterocycles. The number of rotatable bonds is 6. The number of nitrogens with zero attached hydrogens (tertiary/aromatic N) is 1. The lowest BCUT2D eigenvalue weighted by molar-refractivity contribution is 0.103. The van der Waals surface area contributed by atoms with E-state index in [-0.39, 0.29) is 19.0 Å². The predicted octanol–water partition coefficient (Wildman–Crippen LogP) is -0.0776. The van der Waals surface area contributed by atoms with Crippen molar-refractivity contribution in [2.24, 2.45) is 10.9 Å². The van der Waals surface area contributed by atoms with Gasteiger partial charge in [-0.05, 0) is 31.0 Å². The molecule has 1 rings (SSSR count). The second-order valence-corrected chi connectivity index (χ2v) is 4.86. The average Bonchev–Trinajstić information content (AvgIpc) is 2.44. The first kappa shape index (κ1) is 15.4. The van der Waals surface area contributed by atoms with Crippen molar-refractivity contribution in [2.75, 3.05) is 13.2 Å². The number of nitrogens with one attached hydrogen (secondary N) is 1. The minimum absolute atomic E-state index is 0.0677. The van der Waals surface area contributed by atoms with Crippen LogP contribution in [0.2, 0.25) is 0 Å². The number of aryl methyl sites for hydroxylation is 1. The molecule has 0 spiro atoms. The van der Waals surface area contributed by atoms with E-state index in [0.29, 0.717) is 12.1 Å². The van der Waals surface area contributed by atoms with Crippen LogP contribution in [0.25, 0.3) is 0 Å². The molecule has 0 aliphatic rings. The highest BCUT2D eigenvalue weighted by molar-refractivity contribution is 5.97. The first-order valence-electron chi connectivity index (χ1n) is 6.00. The fourth-order valence-electron chi connectivity index (χ4n) is 1.58. The molecule has 0 unspecified atom stereocenters. The Morgan fingerprint density at radius 1 is 1.37 bits per heavy atom. The highest BCUT2D eigenvalue weighted by atomic mass is 16.4. The number of aliphatic hydroxyl groups is 2. The largest absolute Gasteiger partial charge is 0.409 e. The van der Waals surface area contributed by atoms with Crippen LogP contribution < -0.4 is 11.1 Å². The molecule has 0 radical (unpaired) electrons. The maximum Gasteiger partial charge on any atom is 0.170 e. The van der Waals surface area contributed by atoms with Crippen LogP contribution in [0.3, 0.4) is 0 Å². The van der Waals surface area contributed by atoms with Crippen molar-refractivity contribution in [3.63, 3.8) is 0 Å². The molecule has 1 aromatic carbocycles. The fraction of sp³-hybridized carbons (Fsp3) is 0.462. The van der Waals surface area contributed by atoms with Gasteiger partial charge in [0.2, 0.25) is 0 Å². The van der Waals surface area contributed by atoms with Crippen LogP contribution in [0.5, 0.6) is 0 Å². The molecule has 0 amide bonds. The Morgan fingerprint density at radius 2 is 2.00 bits per heavy atom. The Bertz CT molecular complexity index is 456. The average molecular weight is 267 g/mol. The molecular weight excluding hydrogens is 246 g/mol. The molecule has 0 bridgehead atoms. The Labute approximate surface area is 112 Å². The van der Waals surface area contributed by atoms with Gasteiger partial charge in [0.1, 0.15) is 0 Å². The molecule has 0 aliphatic carbocycles. The van der Waals surface area contributed by atoms with Crippen LogP contribution >= 0.6 is 0 Å². The topological polar surface area (TPSA) is 111 Å². The predicted molar refractivity (Wildman–Crippen MR) is 73.1 cm³/mol. The standard InChI is InChI=1S/C13H21N3O3/c1-9-5-10(12(14)16-19)3-4-11(9)6-15-13(2,7-17)8-18/h3-5,15,17-19H,6-8H2,1-2H3,(H2,14,16). The molecule has 6 heteroatoms. The fourth-order valence-corrected chi connectivity index (χ4v) is 1.58. The summed E-state index contributed by atoms with van der Waals surface area (Å²) in [6, 6.07) is 5.44. The third kappa shape index (κ3) is 3.92. The van der Waals surface area contributed by atoms with Gasteiger partial charge in [0.15, 0.2) is 5.84 Å². The highest BCUT2D eigenvalue weighted by Gasteiger charge is 2.21. The number of aliphatic hydroxyl groups excluding tert-OH is 2. The highest BCUT2D eigenvalue weighted by Crippen LogP contribution is 2.12. The normalized spacial score (nSPS) is 12.7. The van der Waals surface area contributed by atoms with Crippen LogP contribution in [-0.4, -0.2) is 40.0 Å². The van der Waals surface area contributed by atoms with Crippen molar-refractivity contribution in [3.05, 3.63) is 34.9 Å². The van der Waals surface area contributed by atoms with Gasteiger partial charge in [0.05, 0.1) is 18.8 Å². The number of benzene rings is 1. The van der Waals surface area contributed by atoms with Gasteiger partial charge in [0, 0.05) is 12.1 Å². The van der Waals surface area contributed by atoms with E-state index in [1.54, 1.807) is 13.0 Å². The third-order valence-corrected chi connectivity index (χ3v) is 3.15. The number of hydrogen-bond donors (Lipinski definition) is 5. The lowest BCUT2D eigenvalue weighted by atomic mass is 10.0. The zero-order chi connectivity index (χ0) is 14.5. The summed E-state index contributed by atoms with van der Waals surface area (Å²) in [6.07, 6.45) is 0. The summed E-state index contributed by atoms with van der Waals surface area (Å²) >= 11 is 0. The van der Waals surface area contributed by atoms with Crippen molar-refractivity contribution in [3.8, 4) is 0 Å². The van der Waals surface area contributed by atoms with Gasteiger partial charge in [-0.2, -0.15) is 0 Å². The molecule has 6 nitrogen and oxygen atoms in total. The van der Waals surface area contributed by atoms with E-state index in [0.717, 1.165) is 11.1 Å². The molecule has 0 atom stereocenters. The van der Waals surface area contributed by atoms with E-state index in [4.69, 9.17) is 10.9 Å². The van der Waals surface area contributed by atoms with Crippen LogP contribution in [0.1, 0.15) is 23.6 Å². The maximum absolute atomic E-state index is 9.20. The van der Waals surface area contributed by atoms with Crippen molar-refractivity contribution < 1.29 is 15.4 Å². The van der Waals surface area contributed by atoms with Gasteiger partial charge < -0.3 is 26.5 Å². The van der Waals surface area contributed by atoms with Gasteiger partial charge in [-0.1, -0.05) is 17.3 Å². The zero-order valence-electron chi connectivity index (χ0n) is 11.2. The first-order valence-corrected chi connectivity index (χ1v) is 6.00. The molecule has 6 N–H and O–H groups in total. The lowest BCUT2D eigenvalue weighted by Crippen LogP contribution is -2.48. The SMILES string of the molecule is Cc1cc(/C(N)=N/O)ccc1CNC(C)(CO)CO. The summed E-state index contributed by atoms with van der Waals surface area (Å²) in [5.41, 5.74) is 7.45. The number of hydrogen-bond acceptors (Lipinski definition) is 5. The Kier molecular flexibility index (Phi) is 5.29. The van der Waals surface area contributed by atoms with E-state index in [1.807, 2.05) is 19.1 Å².